The summed E-state index contributed by atoms with van der Waals surface area (Å²) in [4.78, 5) is 42.2. The molecule has 9 heteroatoms. The van der Waals surface area contributed by atoms with Gasteiger partial charge in [-0.3, -0.25) is 14.5 Å². The second kappa shape index (κ2) is 11.0. The van der Waals surface area contributed by atoms with Crippen molar-refractivity contribution in [3.63, 3.8) is 0 Å². The molecule has 0 radical (unpaired) electrons. The number of rotatable bonds is 7. The van der Waals surface area contributed by atoms with Crippen molar-refractivity contribution >= 4 is 35.1 Å². The summed E-state index contributed by atoms with van der Waals surface area (Å²) in [6.07, 6.45) is 0. The Balaban J connectivity index is 1.71. The van der Waals surface area contributed by atoms with Gasteiger partial charge in [0.1, 0.15) is 0 Å². The number of hydrogen-bond acceptors (Lipinski definition) is 4. The second-order valence-electron chi connectivity index (χ2n) is 6.96. The highest BCUT2D eigenvalue weighted by molar-refractivity contribution is 6.31. The Morgan fingerprint density at radius 1 is 1.07 bits per heavy atom. The van der Waals surface area contributed by atoms with E-state index in [-0.39, 0.29) is 30.9 Å². The first-order valence-electron chi connectivity index (χ1n) is 9.93. The summed E-state index contributed by atoms with van der Waals surface area (Å²) in [5.74, 6) is -0.523. The lowest BCUT2D eigenvalue weighted by Crippen LogP contribution is -2.54. The minimum atomic E-state index is -0.307. The molecule has 0 unspecified atom stereocenters. The normalized spacial score (nSPS) is 14.4. The smallest absolute Gasteiger partial charge is 0.320 e. The van der Waals surface area contributed by atoms with Crippen molar-refractivity contribution in [3.8, 4) is 0 Å². The van der Waals surface area contributed by atoms with Crippen molar-refractivity contribution in [3.05, 3.63) is 28.8 Å². The first-order chi connectivity index (χ1) is 13.8. The van der Waals surface area contributed by atoms with Crippen molar-refractivity contribution in [2.45, 2.75) is 20.8 Å². The van der Waals surface area contributed by atoms with Gasteiger partial charge in [0.25, 0.3) is 0 Å². The fraction of sp³-hybridized carbons (Fsp3) is 0.550. The highest BCUT2D eigenvalue weighted by Crippen LogP contribution is 2.22. The predicted molar refractivity (Wildman–Crippen MR) is 114 cm³/mol. The third-order valence-corrected chi connectivity index (χ3v) is 5.44. The van der Waals surface area contributed by atoms with Gasteiger partial charge in [0.05, 0.1) is 13.1 Å². The van der Waals surface area contributed by atoms with E-state index in [2.05, 4.69) is 10.6 Å². The molecule has 0 aromatic heterocycles. The SMILES string of the molecule is CCN(CC)C(=O)N1CCN(CC(=O)NCC(=O)Nc2cccc(Cl)c2C)CC1. The van der Waals surface area contributed by atoms with Crippen molar-refractivity contribution in [1.82, 2.24) is 20.0 Å². The summed E-state index contributed by atoms with van der Waals surface area (Å²) in [6, 6.07) is 5.32. The molecule has 4 amide bonds. The number of halogens is 1. The molecule has 1 aromatic carbocycles. The number of hydrogen-bond donors (Lipinski definition) is 2. The Kier molecular flexibility index (Phi) is 8.72. The number of urea groups is 1. The molecule has 0 atom stereocenters. The van der Waals surface area contributed by atoms with E-state index in [0.29, 0.717) is 50.0 Å². The number of nitrogens with one attached hydrogen (secondary N) is 2. The van der Waals surface area contributed by atoms with Crippen LogP contribution in [0.4, 0.5) is 10.5 Å². The molecular formula is C20H30ClN5O3. The Morgan fingerprint density at radius 3 is 2.34 bits per heavy atom. The molecule has 1 aliphatic rings. The maximum atomic E-state index is 12.4. The van der Waals surface area contributed by atoms with Crippen LogP contribution >= 0.6 is 11.6 Å². The van der Waals surface area contributed by atoms with E-state index in [1.54, 1.807) is 23.1 Å². The van der Waals surface area contributed by atoms with Crippen LogP contribution < -0.4 is 10.6 Å². The summed E-state index contributed by atoms with van der Waals surface area (Å²) in [5.41, 5.74) is 1.41. The van der Waals surface area contributed by atoms with Crippen LogP contribution in [0.25, 0.3) is 0 Å². The first-order valence-corrected chi connectivity index (χ1v) is 10.3. The lowest BCUT2D eigenvalue weighted by atomic mass is 10.2. The third-order valence-electron chi connectivity index (χ3n) is 5.03. The summed E-state index contributed by atoms with van der Waals surface area (Å²) in [5, 5.41) is 5.96. The lowest BCUT2D eigenvalue weighted by molar-refractivity contribution is -0.125. The number of piperazine rings is 1. The molecule has 1 aromatic rings. The summed E-state index contributed by atoms with van der Waals surface area (Å²) >= 11 is 6.04. The van der Waals surface area contributed by atoms with Gasteiger partial charge in [0, 0.05) is 50.0 Å². The van der Waals surface area contributed by atoms with Gasteiger partial charge in [-0.1, -0.05) is 17.7 Å². The van der Waals surface area contributed by atoms with E-state index in [1.807, 2.05) is 30.6 Å². The van der Waals surface area contributed by atoms with Gasteiger partial charge in [-0.15, -0.1) is 0 Å². The van der Waals surface area contributed by atoms with Crippen LogP contribution in [0.5, 0.6) is 0 Å². The van der Waals surface area contributed by atoms with Crippen molar-refractivity contribution in [1.29, 1.82) is 0 Å². The van der Waals surface area contributed by atoms with Crippen LogP contribution in [-0.4, -0.2) is 84.9 Å². The average Bonchev–Trinajstić information content (AvgIpc) is 2.71. The molecule has 0 aliphatic carbocycles. The van der Waals surface area contributed by atoms with Crippen LogP contribution in [-0.2, 0) is 9.59 Å². The van der Waals surface area contributed by atoms with Crippen LogP contribution in [0.2, 0.25) is 5.02 Å². The first kappa shape index (κ1) is 23.0. The van der Waals surface area contributed by atoms with Crippen LogP contribution in [0.3, 0.4) is 0 Å². The Bertz CT molecular complexity index is 731. The van der Waals surface area contributed by atoms with Crippen molar-refractivity contribution < 1.29 is 14.4 Å². The maximum absolute atomic E-state index is 12.4. The molecule has 1 heterocycles. The zero-order chi connectivity index (χ0) is 21.4. The highest BCUT2D eigenvalue weighted by Gasteiger charge is 2.24. The zero-order valence-electron chi connectivity index (χ0n) is 17.3. The maximum Gasteiger partial charge on any atom is 0.320 e. The second-order valence-corrected chi connectivity index (χ2v) is 7.36. The molecule has 160 valence electrons. The number of anilines is 1. The summed E-state index contributed by atoms with van der Waals surface area (Å²) in [7, 11) is 0. The topological polar surface area (TPSA) is 85.0 Å². The molecule has 1 aliphatic heterocycles. The van der Waals surface area contributed by atoms with E-state index in [0.717, 1.165) is 5.56 Å². The molecule has 2 N–H and O–H groups in total. The van der Waals surface area contributed by atoms with E-state index >= 15 is 0 Å². The molecule has 8 nitrogen and oxygen atoms in total. The van der Waals surface area contributed by atoms with E-state index in [1.165, 1.54) is 0 Å². The Labute approximate surface area is 177 Å². The van der Waals surface area contributed by atoms with Gasteiger partial charge in [-0.25, -0.2) is 4.79 Å². The van der Waals surface area contributed by atoms with Crippen molar-refractivity contribution in [2.24, 2.45) is 0 Å². The van der Waals surface area contributed by atoms with Crippen LogP contribution in [0.15, 0.2) is 18.2 Å². The lowest BCUT2D eigenvalue weighted by Gasteiger charge is -2.36. The average molecular weight is 424 g/mol. The summed E-state index contributed by atoms with van der Waals surface area (Å²) in [6.45, 7) is 9.68. The minimum absolute atomic E-state index is 0.0482. The highest BCUT2D eigenvalue weighted by atomic mass is 35.5. The number of carbonyl (C=O) groups is 3. The van der Waals surface area contributed by atoms with Gasteiger partial charge in [0.15, 0.2) is 0 Å². The zero-order valence-corrected chi connectivity index (χ0v) is 18.1. The molecule has 0 saturated carbocycles. The van der Waals surface area contributed by atoms with E-state index in [9.17, 15) is 14.4 Å². The standard InChI is InChI=1S/C20H30ClN5O3/c1-4-25(5-2)20(29)26-11-9-24(10-12-26)14-19(28)22-13-18(27)23-17-8-6-7-16(21)15(17)3/h6-8H,4-5,9-14H2,1-3H3,(H,22,28)(H,23,27). The predicted octanol–water partition coefficient (Wildman–Crippen LogP) is 1.78. The molecule has 1 fully saturated rings. The number of amides is 4. The quantitative estimate of drug-likeness (QED) is 0.700. The van der Waals surface area contributed by atoms with Gasteiger partial charge in [-0.2, -0.15) is 0 Å². The largest absolute Gasteiger partial charge is 0.346 e. The summed E-state index contributed by atoms with van der Waals surface area (Å²) < 4.78 is 0. The van der Waals surface area contributed by atoms with E-state index < -0.39 is 0 Å². The fourth-order valence-electron chi connectivity index (χ4n) is 3.17. The minimum Gasteiger partial charge on any atom is -0.346 e. The van der Waals surface area contributed by atoms with Crippen molar-refractivity contribution in [2.75, 3.05) is 57.7 Å². The molecule has 1 saturated heterocycles. The van der Waals surface area contributed by atoms with Gasteiger partial charge in [0.2, 0.25) is 11.8 Å². The molecule has 0 bridgehead atoms. The molecule has 0 spiro atoms. The van der Waals surface area contributed by atoms with Crippen LogP contribution in [0.1, 0.15) is 19.4 Å². The van der Waals surface area contributed by atoms with E-state index in [4.69, 9.17) is 11.6 Å². The van der Waals surface area contributed by atoms with Crippen LogP contribution in [0, 0.1) is 6.92 Å². The van der Waals surface area contributed by atoms with Gasteiger partial charge in [-0.05, 0) is 38.5 Å². The molecular weight excluding hydrogens is 394 g/mol. The Hall–Kier alpha value is -2.32. The number of carbonyl (C=O) groups excluding carboxylic acids is 3. The van der Waals surface area contributed by atoms with Gasteiger partial charge >= 0.3 is 6.03 Å². The third kappa shape index (κ3) is 6.61. The fourth-order valence-corrected chi connectivity index (χ4v) is 3.34. The number of benzene rings is 1. The van der Waals surface area contributed by atoms with Gasteiger partial charge < -0.3 is 20.4 Å². The monoisotopic (exact) mass is 423 g/mol. The molecule has 2 rings (SSSR count). The Morgan fingerprint density at radius 2 is 1.72 bits per heavy atom. The molecule has 29 heavy (non-hydrogen) atoms. The number of nitrogens with zero attached hydrogens (tertiary/aromatic N) is 3.